The summed E-state index contributed by atoms with van der Waals surface area (Å²) in [6.07, 6.45) is -7.12. The summed E-state index contributed by atoms with van der Waals surface area (Å²) < 4.78 is 25.2. The number of ether oxygens (including phenoxy) is 2. The Morgan fingerprint density at radius 2 is 1.80 bits per heavy atom. The van der Waals surface area contributed by atoms with Crippen LogP contribution < -0.4 is 10.1 Å². The van der Waals surface area contributed by atoms with Crippen LogP contribution in [0.15, 0.2) is 35.1 Å². The standard InChI is InChI=1S/C22H24BrClFN3O7/c1-34-14-6-9-13(5-10(14)18(30)20(32)21(33)19(31)15(7-29)35-2)26-8-27-22(9)28-12-4-3-11(23)16(24)17(12)25/h3-6,8,15,18-21,29-33H,7H2,1-2H3,(H,26,27,28)/t15-,18?,19+,20-,21-/m0/s1. The Kier molecular flexibility index (Phi) is 9.18. The highest BCUT2D eigenvalue weighted by atomic mass is 79.9. The molecule has 35 heavy (non-hydrogen) atoms. The number of hydrogen-bond donors (Lipinski definition) is 6. The van der Waals surface area contributed by atoms with E-state index in [1.54, 1.807) is 6.07 Å². The summed E-state index contributed by atoms with van der Waals surface area (Å²) in [5.74, 6) is -0.378. The number of anilines is 2. The zero-order chi connectivity index (χ0) is 25.9. The number of fused-ring (bicyclic) bond motifs is 1. The molecule has 10 nitrogen and oxygen atoms in total. The number of nitrogens with one attached hydrogen (secondary N) is 1. The van der Waals surface area contributed by atoms with Crippen molar-refractivity contribution in [3.63, 3.8) is 0 Å². The third-order valence-electron chi connectivity index (χ3n) is 5.48. The first-order valence-corrected chi connectivity index (χ1v) is 11.4. The summed E-state index contributed by atoms with van der Waals surface area (Å²) in [7, 11) is 2.54. The summed E-state index contributed by atoms with van der Waals surface area (Å²) >= 11 is 9.11. The third kappa shape index (κ3) is 5.65. The van der Waals surface area contributed by atoms with Gasteiger partial charge >= 0.3 is 0 Å². The smallest absolute Gasteiger partial charge is 0.166 e. The molecule has 0 saturated carbocycles. The molecule has 0 bridgehead atoms. The van der Waals surface area contributed by atoms with Crippen LogP contribution in [0, 0.1) is 5.82 Å². The Morgan fingerprint density at radius 1 is 1.09 bits per heavy atom. The Morgan fingerprint density at radius 3 is 2.43 bits per heavy atom. The minimum absolute atomic E-state index is 0.0548. The van der Waals surface area contributed by atoms with Gasteiger partial charge in [-0.15, -0.1) is 0 Å². The molecule has 2 aromatic carbocycles. The van der Waals surface area contributed by atoms with Gasteiger partial charge in [-0.2, -0.15) is 0 Å². The largest absolute Gasteiger partial charge is 0.496 e. The van der Waals surface area contributed by atoms with Gasteiger partial charge in [0.1, 0.15) is 48.4 Å². The summed E-state index contributed by atoms with van der Waals surface area (Å²) in [5.41, 5.74) is 0.415. The molecule has 0 saturated heterocycles. The van der Waals surface area contributed by atoms with E-state index in [1.807, 2.05) is 0 Å². The number of rotatable bonds is 10. The van der Waals surface area contributed by atoms with E-state index in [9.17, 15) is 29.9 Å². The topological polar surface area (TPSA) is 157 Å². The van der Waals surface area contributed by atoms with Crippen LogP contribution in [-0.2, 0) is 4.74 Å². The molecule has 0 aliphatic rings. The van der Waals surface area contributed by atoms with E-state index >= 15 is 0 Å². The maximum atomic E-state index is 14.6. The molecule has 3 aromatic rings. The van der Waals surface area contributed by atoms with Gasteiger partial charge in [0.15, 0.2) is 5.82 Å². The fraction of sp³-hybridized carbons (Fsp3) is 0.364. The molecule has 3 rings (SSSR count). The molecule has 0 fully saturated rings. The van der Waals surface area contributed by atoms with E-state index in [-0.39, 0.29) is 27.8 Å². The van der Waals surface area contributed by atoms with E-state index in [2.05, 4.69) is 31.2 Å². The van der Waals surface area contributed by atoms with E-state index < -0.39 is 42.9 Å². The van der Waals surface area contributed by atoms with Gasteiger partial charge in [-0.3, -0.25) is 0 Å². The highest BCUT2D eigenvalue weighted by Crippen LogP contribution is 2.37. The van der Waals surface area contributed by atoms with E-state index in [0.29, 0.717) is 15.4 Å². The molecule has 1 aromatic heterocycles. The molecule has 0 amide bonds. The van der Waals surface area contributed by atoms with E-state index in [1.165, 1.54) is 38.7 Å². The van der Waals surface area contributed by atoms with Crippen LogP contribution >= 0.6 is 27.5 Å². The van der Waals surface area contributed by atoms with Gasteiger partial charge in [-0.05, 0) is 40.2 Å². The van der Waals surface area contributed by atoms with Crippen molar-refractivity contribution in [1.82, 2.24) is 9.97 Å². The predicted molar refractivity (Wildman–Crippen MR) is 129 cm³/mol. The number of halogens is 3. The second-order valence-electron chi connectivity index (χ2n) is 7.55. The van der Waals surface area contributed by atoms with E-state index in [0.717, 1.165) is 0 Å². The fourth-order valence-electron chi connectivity index (χ4n) is 3.47. The molecule has 0 radical (unpaired) electrons. The van der Waals surface area contributed by atoms with Gasteiger partial charge in [-0.1, -0.05) is 11.6 Å². The third-order valence-corrected chi connectivity index (χ3v) is 6.74. The first-order valence-electron chi connectivity index (χ1n) is 10.2. The molecule has 6 N–H and O–H groups in total. The van der Waals surface area contributed by atoms with Crippen LogP contribution in [0.5, 0.6) is 5.75 Å². The second-order valence-corrected chi connectivity index (χ2v) is 8.79. The van der Waals surface area contributed by atoms with Crippen molar-refractivity contribution in [3.8, 4) is 5.75 Å². The molecule has 0 aliphatic carbocycles. The first-order chi connectivity index (χ1) is 16.6. The lowest BCUT2D eigenvalue weighted by Crippen LogP contribution is -2.48. The second kappa shape index (κ2) is 11.7. The van der Waals surface area contributed by atoms with Crippen LogP contribution in [0.1, 0.15) is 11.7 Å². The van der Waals surface area contributed by atoms with Gasteiger partial charge in [-0.25, -0.2) is 14.4 Å². The number of benzene rings is 2. The minimum Gasteiger partial charge on any atom is -0.496 e. The van der Waals surface area contributed by atoms with E-state index in [4.69, 9.17) is 21.1 Å². The normalized spacial score (nSPS) is 15.9. The van der Waals surface area contributed by atoms with Crippen molar-refractivity contribution < 1.29 is 39.4 Å². The number of aliphatic hydroxyl groups is 5. The van der Waals surface area contributed by atoms with Gasteiger partial charge in [0.2, 0.25) is 0 Å². The number of methoxy groups -OCH3 is 2. The molecule has 5 atom stereocenters. The molecule has 13 heteroatoms. The molecule has 0 aliphatic heterocycles. The maximum Gasteiger partial charge on any atom is 0.166 e. The minimum atomic E-state index is -1.88. The Labute approximate surface area is 213 Å². The predicted octanol–water partition coefficient (Wildman–Crippen LogP) is 2.06. The molecule has 0 spiro atoms. The van der Waals surface area contributed by atoms with Gasteiger partial charge < -0.3 is 40.3 Å². The van der Waals surface area contributed by atoms with Crippen LogP contribution in [0.25, 0.3) is 10.9 Å². The summed E-state index contributed by atoms with van der Waals surface area (Å²) in [5, 5.41) is 54.2. The molecular weight excluding hydrogens is 553 g/mol. The average Bonchev–Trinajstić information content (AvgIpc) is 2.87. The number of aromatic nitrogens is 2. The van der Waals surface area contributed by atoms with Crippen LogP contribution in [0.4, 0.5) is 15.9 Å². The SMILES string of the molecule is COc1cc2c(Nc3ccc(Br)c(Cl)c3F)ncnc2cc1C(O)[C@H](O)[C@@H](O)[C@H](O)[C@H](CO)OC. The molecular formula is C22H24BrClFN3O7. The van der Waals surface area contributed by atoms with Crippen molar-refractivity contribution in [2.45, 2.75) is 30.5 Å². The fourth-order valence-corrected chi connectivity index (χ4v) is 3.94. The van der Waals surface area contributed by atoms with Crippen LogP contribution in [-0.4, -0.2) is 80.7 Å². The monoisotopic (exact) mass is 575 g/mol. The van der Waals surface area contributed by atoms with Crippen molar-refractivity contribution in [2.75, 3.05) is 26.1 Å². The highest BCUT2D eigenvalue weighted by Gasteiger charge is 2.36. The Balaban J connectivity index is 1.98. The maximum absolute atomic E-state index is 14.6. The highest BCUT2D eigenvalue weighted by molar-refractivity contribution is 9.10. The summed E-state index contributed by atoms with van der Waals surface area (Å²) in [6, 6.07) is 5.91. The van der Waals surface area contributed by atoms with Gasteiger partial charge in [0, 0.05) is 22.5 Å². The van der Waals surface area contributed by atoms with Crippen molar-refractivity contribution in [2.24, 2.45) is 0 Å². The number of hydrogen-bond acceptors (Lipinski definition) is 10. The summed E-state index contributed by atoms with van der Waals surface area (Å²) in [6.45, 7) is -0.617. The first kappa shape index (κ1) is 27.4. The lowest BCUT2D eigenvalue weighted by molar-refractivity contribution is -0.148. The number of nitrogens with zero attached hydrogens (tertiary/aromatic N) is 2. The molecule has 190 valence electrons. The Bertz CT molecular complexity index is 1190. The van der Waals surface area contributed by atoms with Gasteiger partial charge in [0.05, 0.1) is 29.9 Å². The molecule has 1 unspecified atom stereocenters. The van der Waals surface area contributed by atoms with Crippen LogP contribution in [0.3, 0.4) is 0 Å². The zero-order valence-corrected chi connectivity index (χ0v) is 20.9. The van der Waals surface area contributed by atoms with Crippen LogP contribution in [0.2, 0.25) is 5.02 Å². The lowest BCUT2D eigenvalue weighted by Gasteiger charge is -2.30. The van der Waals surface area contributed by atoms with Crippen molar-refractivity contribution >= 4 is 49.9 Å². The Hall–Kier alpha value is -2.16. The van der Waals surface area contributed by atoms with Crippen molar-refractivity contribution in [3.05, 3.63) is 51.5 Å². The van der Waals surface area contributed by atoms with Crippen molar-refractivity contribution in [1.29, 1.82) is 0 Å². The zero-order valence-electron chi connectivity index (χ0n) is 18.6. The quantitative estimate of drug-likeness (QED) is 0.197. The number of aliphatic hydroxyl groups excluding tert-OH is 5. The molecule has 1 heterocycles. The summed E-state index contributed by atoms with van der Waals surface area (Å²) in [4.78, 5) is 8.31. The lowest BCUT2D eigenvalue weighted by atomic mass is 9.94. The average molecular weight is 577 g/mol. The van der Waals surface area contributed by atoms with Gasteiger partial charge in [0.25, 0.3) is 0 Å².